The summed E-state index contributed by atoms with van der Waals surface area (Å²) in [4.78, 5) is 20.7. The SMILES string of the molecule is Cc1ccc(N2C(=O)CC(c3nc(C4(N)CCC4)no3)C2c2cccs2)cc1.Cl. The summed E-state index contributed by atoms with van der Waals surface area (Å²) in [5, 5.41) is 6.20. The van der Waals surface area contributed by atoms with Gasteiger partial charge in [0.2, 0.25) is 11.8 Å². The highest BCUT2D eigenvalue weighted by molar-refractivity contribution is 7.10. The molecular formula is C21H23ClN4O2S. The molecule has 2 aliphatic rings. The second kappa shape index (κ2) is 7.55. The normalized spacial score (nSPS) is 23.0. The number of halogens is 1. The largest absolute Gasteiger partial charge is 0.339 e. The van der Waals surface area contributed by atoms with E-state index in [2.05, 4.69) is 16.2 Å². The Morgan fingerprint density at radius 3 is 2.62 bits per heavy atom. The lowest BCUT2D eigenvalue weighted by atomic mass is 9.77. The van der Waals surface area contributed by atoms with Crippen LogP contribution in [0.3, 0.4) is 0 Å². The van der Waals surface area contributed by atoms with E-state index in [9.17, 15) is 4.79 Å². The average molecular weight is 431 g/mol. The van der Waals surface area contributed by atoms with Gasteiger partial charge in [0, 0.05) is 17.0 Å². The third-order valence-corrected chi connectivity index (χ3v) is 6.86. The van der Waals surface area contributed by atoms with Gasteiger partial charge in [-0.1, -0.05) is 28.9 Å². The number of aromatic nitrogens is 2. The number of nitrogens with two attached hydrogens (primary N) is 1. The molecule has 2 atom stereocenters. The number of rotatable bonds is 4. The van der Waals surface area contributed by atoms with Crippen molar-refractivity contribution in [1.82, 2.24) is 10.1 Å². The molecular weight excluding hydrogens is 408 g/mol. The lowest BCUT2D eigenvalue weighted by Crippen LogP contribution is -2.44. The van der Waals surface area contributed by atoms with Crippen molar-refractivity contribution in [1.29, 1.82) is 0 Å². The van der Waals surface area contributed by atoms with Gasteiger partial charge >= 0.3 is 0 Å². The topological polar surface area (TPSA) is 85.2 Å². The number of benzene rings is 1. The van der Waals surface area contributed by atoms with Crippen molar-refractivity contribution in [3.8, 4) is 0 Å². The molecule has 29 heavy (non-hydrogen) atoms. The molecule has 0 bridgehead atoms. The third-order valence-electron chi connectivity index (χ3n) is 5.92. The summed E-state index contributed by atoms with van der Waals surface area (Å²) in [6.07, 6.45) is 3.18. The fourth-order valence-electron chi connectivity index (χ4n) is 4.12. The predicted molar refractivity (Wildman–Crippen MR) is 114 cm³/mol. The summed E-state index contributed by atoms with van der Waals surface area (Å²) in [5.74, 6) is 0.962. The van der Waals surface area contributed by atoms with Crippen LogP contribution in [0.25, 0.3) is 0 Å². The molecule has 0 spiro atoms. The molecule has 2 aromatic heterocycles. The van der Waals surface area contributed by atoms with E-state index in [0.717, 1.165) is 35.4 Å². The smallest absolute Gasteiger partial charge is 0.232 e. The number of aryl methyl sites for hydroxylation is 1. The minimum atomic E-state index is -0.473. The second-order valence-corrected chi connectivity index (χ2v) is 8.82. The Kier molecular flexibility index (Phi) is 5.23. The Labute approximate surface area is 179 Å². The molecule has 3 heterocycles. The Morgan fingerprint density at radius 2 is 2.00 bits per heavy atom. The van der Waals surface area contributed by atoms with Gasteiger partial charge in [-0.25, -0.2) is 0 Å². The molecule has 152 valence electrons. The van der Waals surface area contributed by atoms with Crippen LogP contribution in [0.4, 0.5) is 5.69 Å². The van der Waals surface area contributed by atoms with Crippen LogP contribution in [-0.2, 0) is 10.3 Å². The molecule has 1 aliphatic carbocycles. The predicted octanol–water partition coefficient (Wildman–Crippen LogP) is 4.46. The van der Waals surface area contributed by atoms with E-state index in [-0.39, 0.29) is 30.3 Å². The molecule has 2 unspecified atom stereocenters. The number of carbonyl (C=O) groups excluding carboxylic acids is 1. The molecule has 1 saturated heterocycles. The number of hydrogen-bond donors (Lipinski definition) is 1. The first-order valence-corrected chi connectivity index (χ1v) is 10.5. The highest BCUT2D eigenvalue weighted by Gasteiger charge is 2.47. The summed E-state index contributed by atoms with van der Waals surface area (Å²) in [6.45, 7) is 2.04. The molecule has 2 N–H and O–H groups in total. The molecule has 6 nitrogen and oxygen atoms in total. The summed E-state index contributed by atoms with van der Waals surface area (Å²) < 4.78 is 5.64. The lowest BCUT2D eigenvalue weighted by molar-refractivity contribution is -0.117. The van der Waals surface area contributed by atoms with E-state index < -0.39 is 5.54 Å². The Hall–Kier alpha value is -2.22. The molecule has 1 aromatic carbocycles. The van der Waals surface area contributed by atoms with Crippen LogP contribution in [0, 0.1) is 6.92 Å². The van der Waals surface area contributed by atoms with E-state index in [1.807, 2.05) is 47.5 Å². The van der Waals surface area contributed by atoms with Crippen molar-refractivity contribution in [3.05, 3.63) is 63.9 Å². The zero-order chi connectivity index (χ0) is 19.3. The maximum Gasteiger partial charge on any atom is 0.232 e. The average Bonchev–Trinajstić information content (AvgIpc) is 3.39. The van der Waals surface area contributed by atoms with Gasteiger partial charge in [-0.15, -0.1) is 23.7 Å². The van der Waals surface area contributed by atoms with E-state index in [1.54, 1.807) is 11.3 Å². The van der Waals surface area contributed by atoms with Crippen LogP contribution >= 0.6 is 23.7 Å². The summed E-state index contributed by atoms with van der Waals surface area (Å²) in [7, 11) is 0. The van der Waals surface area contributed by atoms with Gasteiger partial charge in [0.15, 0.2) is 5.82 Å². The Bertz CT molecular complexity index is 998. The van der Waals surface area contributed by atoms with Crippen molar-refractivity contribution >= 4 is 35.3 Å². The monoisotopic (exact) mass is 430 g/mol. The van der Waals surface area contributed by atoms with Crippen molar-refractivity contribution in [2.45, 2.75) is 50.1 Å². The fourth-order valence-corrected chi connectivity index (χ4v) is 5.00. The van der Waals surface area contributed by atoms with Gasteiger partial charge in [-0.05, 0) is 49.8 Å². The first kappa shape index (κ1) is 20.1. The second-order valence-electron chi connectivity index (χ2n) is 7.84. The van der Waals surface area contributed by atoms with Gasteiger partial charge in [-0.2, -0.15) is 4.98 Å². The van der Waals surface area contributed by atoms with Gasteiger partial charge < -0.3 is 15.2 Å². The molecule has 8 heteroatoms. The molecule has 1 amide bonds. The van der Waals surface area contributed by atoms with Crippen molar-refractivity contribution in [2.24, 2.45) is 5.73 Å². The van der Waals surface area contributed by atoms with Crippen LogP contribution in [0.1, 0.15) is 59.8 Å². The van der Waals surface area contributed by atoms with Gasteiger partial charge in [0.1, 0.15) is 0 Å². The van der Waals surface area contributed by atoms with E-state index in [0.29, 0.717) is 18.1 Å². The van der Waals surface area contributed by atoms with E-state index in [4.69, 9.17) is 10.3 Å². The van der Waals surface area contributed by atoms with Gasteiger partial charge in [0.25, 0.3) is 0 Å². The van der Waals surface area contributed by atoms with Crippen LogP contribution in [0.15, 0.2) is 46.3 Å². The molecule has 3 aromatic rings. The highest BCUT2D eigenvalue weighted by Crippen LogP contribution is 2.48. The van der Waals surface area contributed by atoms with Crippen LogP contribution in [0.2, 0.25) is 0 Å². The first-order chi connectivity index (χ1) is 13.5. The zero-order valence-electron chi connectivity index (χ0n) is 16.1. The zero-order valence-corrected chi connectivity index (χ0v) is 17.7. The molecule has 1 saturated carbocycles. The van der Waals surface area contributed by atoms with Crippen LogP contribution < -0.4 is 10.6 Å². The first-order valence-electron chi connectivity index (χ1n) is 9.60. The van der Waals surface area contributed by atoms with Crippen LogP contribution in [0.5, 0.6) is 0 Å². The van der Waals surface area contributed by atoms with Crippen LogP contribution in [-0.4, -0.2) is 16.0 Å². The number of amides is 1. The van der Waals surface area contributed by atoms with E-state index in [1.165, 1.54) is 0 Å². The lowest BCUT2D eigenvalue weighted by Gasteiger charge is -2.34. The minimum Gasteiger partial charge on any atom is -0.339 e. The number of thiophene rings is 1. The van der Waals surface area contributed by atoms with Gasteiger partial charge in [0.05, 0.1) is 17.5 Å². The molecule has 0 radical (unpaired) electrons. The highest BCUT2D eigenvalue weighted by atomic mass is 35.5. The summed E-state index contributed by atoms with van der Waals surface area (Å²) in [6, 6.07) is 12.0. The van der Waals surface area contributed by atoms with Crippen molar-refractivity contribution in [3.63, 3.8) is 0 Å². The van der Waals surface area contributed by atoms with Crippen molar-refractivity contribution in [2.75, 3.05) is 4.90 Å². The minimum absolute atomic E-state index is 0. The maximum atomic E-state index is 13.0. The fraction of sp³-hybridized carbons (Fsp3) is 0.381. The number of anilines is 1. The molecule has 1 aliphatic heterocycles. The molecule has 5 rings (SSSR count). The van der Waals surface area contributed by atoms with Gasteiger partial charge in [-0.3, -0.25) is 4.79 Å². The summed E-state index contributed by atoms with van der Waals surface area (Å²) in [5.41, 5.74) is 7.95. The standard InChI is InChI=1S/C21H22N4O2S.ClH/c1-13-5-7-14(8-6-13)25-17(26)12-15(18(25)16-4-2-11-28-16)19-23-20(24-27-19)21(22)9-3-10-21;/h2,4-8,11,15,18H,3,9-10,12,22H2,1H3;1H. The molecule has 2 fully saturated rings. The Balaban J connectivity index is 0.00000205. The third kappa shape index (κ3) is 3.37. The maximum absolute atomic E-state index is 13.0. The number of nitrogens with zero attached hydrogens (tertiary/aromatic N) is 3. The van der Waals surface area contributed by atoms with Crippen molar-refractivity contribution < 1.29 is 9.32 Å². The summed E-state index contributed by atoms with van der Waals surface area (Å²) >= 11 is 1.64. The van der Waals surface area contributed by atoms with E-state index >= 15 is 0 Å². The Morgan fingerprint density at radius 1 is 1.24 bits per heavy atom. The number of carbonyl (C=O) groups is 1. The quantitative estimate of drug-likeness (QED) is 0.660. The number of hydrogen-bond acceptors (Lipinski definition) is 6.